The predicted molar refractivity (Wildman–Crippen MR) is 61.1 cm³/mol. The standard InChI is InChI=1S/C11H11BrN2/c1-8-5-3-4-6-9(8)10-7-13-11(12)14(10)2/h3-7H,1-2H3. The molecule has 3 heteroatoms. The molecule has 0 N–H and O–H groups in total. The van der Waals surface area contributed by atoms with E-state index in [-0.39, 0.29) is 0 Å². The van der Waals surface area contributed by atoms with Crippen molar-refractivity contribution >= 4 is 15.9 Å². The van der Waals surface area contributed by atoms with Crippen LogP contribution in [0.3, 0.4) is 0 Å². The average Bonchev–Trinajstić information content (AvgIpc) is 2.49. The summed E-state index contributed by atoms with van der Waals surface area (Å²) in [7, 11) is 2.00. The molecule has 0 aliphatic rings. The first-order valence-corrected chi connectivity index (χ1v) is 5.22. The van der Waals surface area contributed by atoms with Crippen LogP contribution in [0.5, 0.6) is 0 Å². The SMILES string of the molecule is Cc1ccccc1-c1cnc(Br)n1C. The number of halogens is 1. The molecule has 0 amide bonds. The van der Waals surface area contributed by atoms with E-state index in [1.165, 1.54) is 11.1 Å². The zero-order valence-electron chi connectivity index (χ0n) is 8.16. The third kappa shape index (κ3) is 1.48. The first-order valence-electron chi connectivity index (χ1n) is 4.43. The van der Waals surface area contributed by atoms with E-state index in [4.69, 9.17) is 0 Å². The van der Waals surface area contributed by atoms with Gasteiger partial charge in [-0.3, -0.25) is 0 Å². The molecule has 0 unspecified atom stereocenters. The summed E-state index contributed by atoms with van der Waals surface area (Å²) in [5, 5.41) is 0. The molecular weight excluding hydrogens is 240 g/mol. The summed E-state index contributed by atoms with van der Waals surface area (Å²) in [5.74, 6) is 0. The van der Waals surface area contributed by atoms with Gasteiger partial charge in [-0.1, -0.05) is 24.3 Å². The highest BCUT2D eigenvalue weighted by atomic mass is 79.9. The highest BCUT2D eigenvalue weighted by molar-refractivity contribution is 9.10. The quantitative estimate of drug-likeness (QED) is 0.761. The number of hydrogen-bond acceptors (Lipinski definition) is 1. The Labute approximate surface area is 91.7 Å². The molecule has 72 valence electrons. The zero-order chi connectivity index (χ0) is 10.1. The van der Waals surface area contributed by atoms with Crippen LogP contribution in [0.15, 0.2) is 35.2 Å². The molecule has 14 heavy (non-hydrogen) atoms. The van der Waals surface area contributed by atoms with Gasteiger partial charge in [-0.2, -0.15) is 0 Å². The molecule has 0 fully saturated rings. The van der Waals surface area contributed by atoms with Crippen molar-refractivity contribution in [3.63, 3.8) is 0 Å². The minimum absolute atomic E-state index is 0.857. The van der Waals surface area contributed by atoms with E-state index in [1.54, 1.807) is 0 Å². The van der Waals surface area contributed by atoms with Crippen LogP contribution in [-0.4, -0.2) is 9.55 Å². The number of imidazole rings is 1. The summed E-state index contributed by atoms with van der Waals surface area (Å²) in [4.78, 5) is 4.21. The summed E-state index contributed by atoms with van der Waals surface area (Å²) >= 11 is 3.39. The summed E-state index contributed by atoms with van der Waals surface area (Å²) in [6.45, 7) is 2.11. The lowest BCUT2D eigenvalue weighted by Gasteiger charge is -2.05. The van der Waals surface area contributed by atoms with Crippen molar-refractivity contribution < 1.29 is 0 Å². The highest BCUT2D eigenvalue weighted by Gasteiger charge is 2.07. The van der Waals surface area contributed by atoms with Crippen molar-refractivity contribution in [1.29, 1.82) is 0 Å². The van der Waals surface area contributed by atoms with Gasteiger partial charge in [-0.15, -0.1) is 0 Å². The highest BCUT2D eigenvalue weighted by Crippen LogP contribution is 2.24. The second kappa shape index (κ2) is 3.58. The van der Waals surface area contributed by atoms with Crippen LogP contribution in [0.1, 0.15) is 5.56 Å². The molecule has 0 atom stereocenters. The smallest absolute Gasteiger partial charge is 0.177 e. The summed E-state index contributed by atoms with van der Waals surface area (Å²) in [6, 6.07) is 8.31. The topological polar surface area (TPSA) is 17.8 Å². The van der Waals surface area contributed by atoms with Gasteiger partial charge in [0, 0.05) is 12.6 Å². The molecule has 1 aromatic carbocycles. The van der Waals surface area contributed by atoms with E-state index in [0.717, 1.165) is 10.4 Å². The van der Waals surface area contributed by atoms with Crippen LogP contribution in [0.2, 0.25) is 0 Å². The molecule has 0 saturated carbocycles. The van der Waals surface area contributed by atoms with Crippen molar-refractivity contribution in [3.8, 4) is 11.3 Å². The van der Waals surface area contributed by atoms with Crippen LogP contribution in [-0.2, 0) is 7.05 Å². The fourth-order valence-corrected chi connectivity index (χ4v) is 1.79. The van der Waals surface area contributed by atoms with Crippen molar-refractivity contribution in [1.82, 2.24) is 9.55 Å². The second-order valence-corrected chi connectivity index (χ2v) is 4.00. The fourth-order valence-electron chi connectivity index (χ4n) is 1.50. The van der Waals surface area contributed by atoms with Gasteiger partial charge in [0.1, 0.15) is 0 Å². The minimum atomic E-state index is 0.857. The van der Waals surface area contributed by atoms with E-state index in [0.29, 0.717) is 0 Å². The number of rotatable bonds is 1. The van der Waals surface area contributed by atoms with E-state index < -0.39 is 0 Å². The maximum absolute atomic E-state index is 4.21. The number of aromatic nitrogens is 2. The first kappa shape index (κ1) is 9.46. The summed E-state index contributed by atoms with van der Waals surface area (Å²) < 4.78 is 2.89. The zero-order valence-corrected chi connectivity index (χ0v) is 9.75. The van der Waals surface area contributed by atoms with Crippen molar-refractivity contribution in [2.45, 2.75) is 6.92 Å². The van der Waals surface area contributed by atoms with E-state index >= 15 is 0 Å². The Morgan fingerprint density at radius 1 is 1.29 bits per heavy atom. The normalized spacial score (nSPS) is 10.5. The number of aryl methyl sites for hydroxylation is 1. The molecule has 0 bridgehead atoms. The van der Waals surface area contributed by atoms with Gasteiger partial charge in [-0.05, 0) is 28.4 Å². The molecular formula is C11H11BrN2. The Morgan fingerprint density at radius 3 is 2.57 bits per heavy atom. The maximum atomic E-state index is 4.21. The second-order valence-electron chi connectivity index (χ2n) is 3.29. The van der Waals surface area contributed by atoms with Gasteiger partial charge in [0.2, 0.25) is 0 Å². The van der Waals surface area contributed by atoms with Gasteiger partial charge in [0.15, 0.2) is 4.73 Å². The molecule has 0 aliphatic carbocycles. The van der Waals surface area contributed by atoms with Gasteiger partial charge in [0.05, 0.1) is 11.9 Å². The largest absolute Gasteiger partial charge is 0.322 e. The lowest BCUT2D eigenvalue weighted by molar-refractivity contribution is 0.888. The van der Waals surface area contributed by atoms with Gasteiger partial charge in [0.25, 0.3) is 0 Å². The summed E-state index contributed by atoms with van der Waals surface area (Å²) in [5.41, 5.74) is 3.63. The monoisotopic (exact) mass is 250 g/mol. The van der Waals surface area contributed by atoms with Crippen LogP contribution in [0.4, 0.5) is 0 Å². The molecule has 1 aromatic heterocycles. The molecule has 2 aromatic rings. The van der Waals surface area contributed by atoms with Gasteiger partial charge < -0.3 is 4.57 Å². The molecule has 2 rings (SSSR count). The van der Waals surface area contributed by atoms with Crippen molar-refractivity contribution in [3.05, 3.63) is 40.8 Å². The Morgan fingerprint density at radius 2 is 2.00 bits per heavy atom. The third-order valence-electron chi connectivity index (χ3n) is 2.35. The Kier molecular flexibility index (Phi) is 2.42. The molecule has 2 nitrogen and oxygen atoms in total. The first-order chi connectivity index (χ1) is 6.70. The van der Waals surface area contributed by atoms with Crippen molar-refractivity contribution in [2.75, 3.05) is 0 Å². The molecule has 1 heterocycles. The van der Waals surface area contributed by atoms with Crippen LogP contribution >= 0.6 is 15.9 Å². The van der Waals surface area contributed by atoms with Gasteiger partial charge >= 0.3 is 0 Å². The molecule has 0 saturated heterocycles. The van der Waals surface area contributed by atoms with Crippen molar-refractivity contribution in [2.24, 2.45) is 7.05 Å². The lowest BCUT2D eigenvalue weighted by Crippen LogP contribution is -1.93. The molecule has 0 aliphatic heterocycles. The average molecular weight is 251 g/mol. The number of benzene rings is 1. The molecule has 0 spiro atoms. The fraction of sp³-hybridized carbons (Fsp3) is 0.182. The van der Waals surface area contributed by atoms with Crippen LogP contribution < -0.4 is 0 Å². The Balaban J connectivity index is 2.60. The van der Waals surface area contributed by atoms with E-state index in [2.05, 4.69) is 40.0 Å². The van der Waals surface area contributed by atoms with E-state index in [9.17, 15) is 0 Å². The summed E-state index contributed by atoms with van der Waals surface area (Å²) in [6.07, 6.45) is 1.88. The van der Waals surface area contributed by atoms with E-state index in [1.807, 2.05) is 29.9 Å². The van der Waals surface area contributed by atoms with Gasteiger partial charge in [-0.25, -0.2) is 4.98 Å². The Bertz CT molecular complexity index is 460. The maximum Gasteiger partial charge on any atom is 0.177 e. The Hall–Kier alpha value is -1.09. The number of nitrogens with zero attached hydrogens (tertiary/aromatic N) is 2. The number of hydrogen-bond donors (Lipinski definition) is 0. The van der Waals surface area contributed by atoms with Crippen LogP contribution in [0.25, 0.3) is 11.3 Å². The predicted octanol–water partition coefficient (Wildman–Crippen LogP) is 3.16. The minimum Gasteiger partial charge on any atom is -0.322 e. The molecule has 0 radical (unpaired) electrons. The van der Waals surface area contributed by atoms with Crippen LogP contribution in [0, 0.1) is 6.92 Å². The third-order valence-corrected chi connectivity index (χ3v) is 3.09. The lowest BCUT2D eigenvalue weighted by atomic mass is 10.1.